The highest BCUT2D eigenvalue weighted by Crippen LogP contribution is 2.35. The molecule has 1 aromatic rings. The van der Waals surface area contributed by atoms with Gasteiger partial charge in [-0.25, -0.2) is 0 Å². The zero-order valence-corrected chi connectivity index (χ0v) is 13.6. The van der Waals surface area contributed by atoms with Crippen molar-refractivity contribution in [3.8, 4) is 5.75 Å². The first-order valence-electron chi connectivity index (χ1n) is 8.23. The summed E-state index contributed by atoms with van der Waals surface area (Å²) < 4.78 is 5.46. The molecule has 3 N–H and O–H groups in total. The minimum Gasteiger partial charge on any atom is -0.496 e. The van der Waals surface area contributed by atoms with Crippen LogP contribution in [0.15, 0.2) is 24.3 Å². The molecule has 3 heteroatoms. The lowest BCUT2D eigenvalue weighted by atomic mass is 9.74. The molecule has 1 fully saturated rings. The Labute approximate surface area is 129 Å². The van der Waals surface area contributed by atoms with Crippen LogP contribution in [-0.4, -0.2) is 13.2 Å². The number of methoxy groups -OCH3 is 1. The molecule has 2 rings (SSSR count). The minimum absolute atomic E-state index is 0.342. The van der Waals surface area contributed by atoms with Crippen molar-refractivity contribution >= 4 is 0 Å². The van der Waals surface area contributed by atoms with Crippen molar-refractivity contribution in [1.82, 2.24) is 5.43 Å². The summed E-state index contributed by atoms with van der Waals surface area (Å²) in [6.45, 7) is 4.69. The lowest BCUT2D eigenvalue weighted by Crippen LogP contribution is -2.44. The van der Waals surface area contributed by atoms with Crippen molar-refractivity contribution in [3.05, 3.63) is 29.8 Å². The number of hydrogen-bond donors (Lipinski definition) is 2. The number of para-hydroxylation sites is 1. The molecule has 0 bridgehead atoms. The van der Waals surface area contributed by atoms with Crippen molar-refractivity contribution in [3.63, 3.8) is 0 Å². The van der Waals surface area contributed by atoms with E-state index in [1.807, 2.05) is 12.1 Å². The molecule has 0 spiro atoms. The van der Waals surface area contributed by atoms with Gasteiger partial charge < -0.3 is 4.74 Å². The maximum Gasteiger partial charge on any atom is 0.122 e. The topological polar surface area (TPSA) is 47.3 Å². The van der Waals surface area contributed by atoms with Crippen molar-refractivity contribution < 1.29 is 4.74 Å². The molecule has 1 atom stereocenters. The first-order valence-corrected chi connectivity index (χ1v) is 8.23. The van der Waals surface area contributed by atoms with Crippen LogP contribution in [0.25, 0.3) is 0 Å². The summed E-state index contributed by atoms with van der Waals surface area (Å²) >= 11 is 0. The molecule has 1 saturated carbocycles. The van der Waals surface area contributed by atoms with E-state index in [1.54, 1.807) is 7.11 Å². The third-order valence-electron chi connectivity index (χ3n) is 5.17. The Morgan fingerprint density at radius 2 is 1.76 bits per heavy atom. The molecule has 1 aromatic carbocycles. The molecule has 0 aliphatic heterocycles. The predicted octanol–water partition coefficient (Wildman–Crippen LogP) is 3.53. The van der Waals surface area contributed by atoms with Crippen molar-refractivity contribution in [1.29, 1.82) is 0 Å². The van der Waals surface area contributed by atoms with E-state index in [0.29, 0.717) is 12.0 Å². The van der Waals surface area contributed by atoms with Crippen LogP contribution in [0, 0.1) is 17.8 Å². The van der Waals surface area contributed by atoms with E-state index < -0.39 is 0 Å². The maximum absolute atomic E-state index is 5.85. The van der Waals surface area contributed by atoms with Gasteiger partial charge in [-0.1, -0.05) is 32.0 Å². The molecule has 0 radical (unpaired) electrons. The molecule has 3 nitrogen and oxygen atoms in total. The van der Waals surface area contributed by atoms with Gasteiger partial charge in [0.05, 0.1) is 7.11 Å². The van der Waals surface area contributed by atoms with Crippen LogP contribution in [0.3, 0.4) is 0 Å². The number of rotatable bonds is 6. The number of ether oxygens (including phenoxy) is 1. The summed E-state index contributed by atoms with van der Waals surface area (Å²) in [5.41, 5.74) is 4.30. The Balaban J connectivity index is 1.97. The fourth-order valence-corrected chi connectivity index (χ4v) is 3.68. The summed E-state index contributed by atoms with van der Waals surface area (Å²) in [4.78, 5) is 0. The van der Waals surface area contributed by atoms with Crippen LogP contribution in [0.2, 0.25) is 0 Å². The van der Waals surface area contributed by atoms with Crippen LogP contribution >= 0.6 is 0 Å². The van der Waals surface area contributed by atoms with Crippen LogP contribution in [-0.2, 0) is 6.42 Å². The fraction of sp³-hybridized carbons (Fsp3) is 0.667. The van der Waals surface area contributed by atoms with Crippen LogP contribution in [0.5, 0.6) is 5.75 Å². The van der Waals surface area contributed by atoms with E-state index in [1.165, 1.54) is 31.2 Å². The molecule has 21 heavy (non-hydrogen) atoms. The standard InChI is InChI=1S/C18H30N2O/c1-13(2)14-8-10-15(11-9-14)17(20-19)12-16-6-4-5-7-18(16)21-3/h4-7,13-15,17,20H,8-12,19H2,1-3H3. The van der Waals surface area contributed by atoms with Gasteiger partial charge in [-0.3, -0.25) is 11.3 Å². The molecule has 0 amide bonds. The van der Waals surface area contributed by atoms with Gasteiger partial charge in [0.15, 0.2) is 0 Å². The highest BCUT2D eigenvalue weighted by atomic mass is 16.5. The molecule has 118 valence electrons. The largest absolute Gasteiger partial charge is 0.496 e. The zero-order valence-electron chi connectivity index (χ0n) is 13.6. The molecule has 0 aromatic heterocycles. The highest BCUT2D eigenvalue weighted by molar-refractivity contribution is 5.33. The Bertz CT molecular complexity index is 425. The molecular weight excluding hydrogens is 260 g/mol. The second-order valence-electron chi connectivity index (χ2n) is 6.71. The van der Waals surface area contributed by atoms with Crippen molar-refractivity contribution in [2.75, 3.05) is 7.11 Å². The summed E-state index contributed by atoms with van der Waals surface area (Å²) in [6, 6.07) is 8.60. The maximum atomic E-state index is 5.85. The van der Waals surface area contributed by atoms with Crippen LogP contribution in [0.1, 0.15) is 45.1 Å². The van der Waals surface area contributed by atoms with E-state index >= 15 is 0 Å². The van der Waals surface area contributed by atoms with E-state index in [9.17, 15) is 0 Å². The molecule has 1 aliphatic carbocycles. The van der Waals surface area contributed by atoms with Gasteiger partial charge in [0, 0.05) is 6.04 Å². The number of hydrogen-bond acceptors (Lipinski definition) is 3. The zero-order chi connectivity index (χ0) is 15.2. The van der Waals surface area contributed by atoms with Gasteiger partial charge >= 0.3 is 0 Å². The number of nitrogens with one attached hydrogen (secondary N) is 1. The van der Waals surface area contributed by atoms with Gasteiger partial charge in [-0.15, -0.1) is 0 Å². The average Bonchev–Trinajstić information content (AvgIpc) is 2.53. The number of nitrogens with two attached hydrogens (primary N) is 1. The lowest BCUT2D eigenvalue weighted by molar-refractivity contribution is 0.187. The monoisotopic (exact) mass is 290 g/mol. The van der Waals surface area contributed by atoms with E-state index in [4.69, 9.17) is 10.6 Å². The third kappa shape index (κ3) is 4.21. The van der Waals surface area contributed by atoms with Crippen LogP contribution in [0.4, 0.5) is 0 Å². The predicted molar refractivity (Wildman–Crippen MR) is 88.1 cm³/mol. The van der Waals surface area contributed by atoms with Crippen LogP contribution < -0.4 is 16.0 Å². The van der Waals surface area contributed by atoms with Gasteiger partial charge in [0.2, 0.25) is 0 Å². The first kappa shape index (κ1) is 16.3. The Morgan fingerprint density at radius 3 is 2.33 bits per heavy atom. The normalized spacial score (nSPS) is 24.0. The Hall–Kier alpha value is -1.06. The van der Waals surface area contributed by atoms with Gasteiger partial charge in [-0.05, 0) is 61.5 Å². The summed E-state index contributed by atoms with van der Waals surface area (Å²) in [5, 5.41) is 0. The smallest absolute Gasteiger partial charge is 0.122 e. The Morgan fingerprint density at radius 1 is 1.14 bits per heavy atom. The van der Waals surface area contributed by atoms with E-state index in [2.05, 4.69) is 31.4 Å². The summed E-state index contributed by atoms with van der Waals surface area (Å²) in [5.74, 6) is 9.19. The first-order chi connectivity index (χ1) is 10.2. The minimum atomic E-state index is 0.342. The van der Waals surface area contributed by atoms with Crippen molar-refractivity contribution in [2.24, 2.45) is 23.6 Å². The summed E-state index contributed by atoms with van der Waals surface area (Å²) in [6.07, 6.45) is 6.19. The molecule has 0 saturated heterocycles. The fourth-order valence-electron chi connectivity index (χ4n) is 3.68. The second-order valence-corrected chi connectivity index (χ2v) is 6.71. The highest BCUT2D eigenvalue weighted by Gasteiger charge is 2.28. The third-order valence-corrected chi connectivity index (χ3v) is 5.17. The SMILES string of the molecule is COc1ccccc1CC(NN)C1CCC(C(C)C)CC1. The number of hydrazine groups is 1. The Kier molecular flexibility index (Phi) is 6.07. The van der Waals surface area contributed by atoms with E-state index in [0.717, 1.165) is 24.0 Å². The number of benzene rings is 1. The molecule has 0 heterocycles. The molecule has 1 unspecified atom stereocenters. The quantitative estimate of drug-likeness (QED) is 0.622. The van der Waals surface area contributed by atoms with E-state index in [-0.39, 0.29) is 0 Å². The average molecular weight is 290 g/mol. The van der Waals surface area contributed by atoms with Crippen molar-refractivity contribution in [2.45, 2.75) is 52.0 Å². The lowest BCUT2D eigenvalue weighted by Gasteiger charge is -2.35. The van der Waals surface area contributed by atoms with Gasteiger partial charge in [-0.2, -0.15) is 0 Å². The molecular formula is C18H30N2O. The summed E-state index contributed by atoms with van der Waals surface area (Å²) in [7, 11) is 1.73. The molecule has 1 aliphatic rings. The second kappa shape index (κ2) is 7.81. The van der Waals surface area contributed by atoms with Gasteiger partial charge in [0.25, 0.3) is 0 Å². The van der Waals surface area contributed by atoms with Gasteiger partial charge in [0.1, 0.15) is 5.75 Å².